The van der Waals surface area contributed by atoms with Crippen LogP contribution in [0.4, 0.5) is 5.69 Å². The van der Waals surface area contributed by atoms with Crippen LogP contribution in [0, 0.1) is 0 Å². The Bertz CT molecular complexity index is 1300. The van der Waals surface area contributed by atoms with Gasteiger partial charge in [0, 0.05) is 17.7 Å². The number of benzene rings is 3. The lowest BCUT2D eigenvalue weighted by atomic mass is 10.2. The van der Waals surface area contributed by atoms with Crippen molar-refractivity contribution in [2.75, 3.05) is 19.5 Å². The molecule has 0 atom stereocenters. The van der Waals surface area contributed by atoms with Crippen LogP contribution in [0.25, 0.3) is 11.4 Å². The summed E-state index contributed by atoms with van der Waals surface area (Å²) >= 11 is 0. The minimum atomic E-state index is -0.444. The fourth-order valence-corrected chi connectivity index (χ4v) is 3.24. The van der Waals surface area contributed by atoms with Gasteiger partial charge in [0.25, 0.3) is 5.91 Å². The van der Waals surface area contributed by atoms with Crippen molar-refractivity contribution in [1.29, 1.82) is 0 Å². The zero-order chi connectivity index (χ0) is 24.6. The quantitative estimate of drug-likeness (QED) is 0.278. The van der Waals surface area contributed by atoms with E-state index in [1.54, 1.807) is 67.8 Å². The Labute approximate surface area is 201 Å². The number of esters is 1. The number of amides is 1. The van der Waals surface area contributed by atoms with E-state index in [9.17, 15) is 9.59 Å². The van der Waals surface area contributed by atoms with Gasteiger partial charge in [-0.3, -0.25) is 9.59 Å². The Morgan fingerprint density at radius 1 is 0.886 bits per heavy atom. The molecule has 1 heterocycles. The summed E-state index contributed by atoms with van der Waals surface area (Å²) in [6.45, 7) is 0. The van der Waals surface area contributed by atoms with Crippen molar-refractivity contribution in [3.05, 3.63) is 84.3 Å². The van der Waals surface area contributed by atoms with Gasteiger partial charge in [0.2, 0.25) is 11.7 Å². The molecule has 3 aromatic carbocycles. The number of aromatic nitrogens is 2. The van der Waals surface area contributed by atoms with Gasteiger partial charge in [-0.05, 0) is 60.7 Å². The number of anilines is 1. The molecule has 0 saturated carbocycles. The molecule has 1 aromatic heterocycles. The number of hydrogen-bond donors (Lipinski definition) is 1. The number of nitrogens with one attached hydrogen (secondary N) is 1. The number of ether oxygens (including phenoxy) is 3. The Morgan fingerprint density at radius 2 is 1.60 bits per heavy atom. The lowest BCUT2D eigenvalue weighted by molar-refractivity contribution is -0.134. The summed E-state index contributed by atoms with van der Waals surface area (Å²) in [5, 5.41) is 6.74. The number of rotatable bonds is 9. The predicted molar refractivity (Wildman–Crippen MR) is 128 cm³/mol. The first-order valence-corrected chi connectivity index (χ1v) is 10.8. The summed E-state index contributed by atoms with van der Waals surface area (Å²) in [4.78, 5) is 29.1. The van der Waals surface area contributed by atoms with E-state index in [1.165, 1.54) is 7.11 Å². The average molecular weight is 473 g/mol. The summed E-state index contributed by atoms with van der Waals surface area (Å²) in [7, 11) is 3.10. The van der Waals surface area contributed by atoms with Crippen molar-refractivity contribution in [3.63, 3.8) is 0 Å². The van der Waals surface area contributed by atoms with Crippen LogP contribution in [-0.4, -0.2) is 36.2 Å². The number of para-hydroxylation sites is 1. The van der Waals surface area contributed by atoms with Crippen molar-refractivity contribution < 1.29 is 28.3 Å². The summed E-state index contributed by atoms with van der Waals surface area (Å²) < 4.78 is 20.9. The van der Waals surface area contributed by atoms with E-state index < -0.39 is 5.97 Å². The maximum Gasteiger partial charge on any atom is 0.311 e. The molecule has 0 aliphatic carbocycles. The van der Waals surface area contributed by atoms with Gasteiger partial charge in [-0.25, -0.2) is 0 Å². The molecular formula is C26H23N3O6. The molecule has 1 amide bonds. The number of methoxy groups -OCH3 is 2. The highest BCUT2D eigenvalue weighted by atomic mass is 16.5. The zero-order valence-electron chi connectivity index (χ0n) is 19.2. The van der Waals surface area contributed by atoms with Gasteiger partial charge in [0.05, 0.1) is 26.2 Å². The Kier molecular flexibility index (Phi) is 7.37. The lowest BCUT2D eigenvalue weighted by Gasteiger charge is -2.09. The average Bonchev–Trinajstić information content (AvgIpc) is 3.38. The standard InChI is InChI=1S/C26H23N3O6/c1-32-19-11-7-17(8-12-19)25-28-23(35-29-25)15-16-24(30)34-20-13-9-18(10-14-20)27-26(31)21-5-3-4-6-22(21)33-2/h3-14H,15-16H2,1-2H3,(H,27,31). The maximum atomic E-state index is 12.5. The third-order valence-corrected chi connectivity index (χ3v) is 5.05. The third kappa shape index (κ3) is 6.02. The molecule has 0 aliphatic heterocycles. The summed E-state index contributed by atoms with van der Waals surface area (Å²) in [5.74, 6) is 1.58. The molecule has 0 saturated heterocycles. The van der Waals surface area contributed by atoms with E-state index in [0.717, 1.165) is 11.3 Å². The van der Waals surface area contributed by atoms with Gasteiger partial charge in [0.1, 0.15) is 17.2 Å². The van der Waals surface area contributed by atoms with Gasteiger partial charge in [-0.2, -0.15) is 4.98 Å². The molecule has 0 radical (unpaired) electrons. The number of carbonyl (C=O) groups excluding carboxylic acids is 2. The molecule has 4 rings (SSSR count). The molecule has 0 spiro atoms. The van der Waals surface area contributed by atoms with Crippen molar-refractivity contribution in [2.24, 2.45) is 0 Å². The van der Waals surface area contributed by atoms with E-state index in [1.807, 2.05) is 12.1 Å². The van der Waals surface area contributed by atoms with Crippen LogP contribution in [0.5, 0.6) is 17.2 Å². The van der Waals surface area contributed by atoms with Gasteiger partial charge in [-0.1, -0.05) is 17.3 Å². The molecule has 9 nitrogen and oxygen atoms in total. The lowest BCUT2D eigenvalue weighted by Crippen LogP contribution is -2.13. The zero-order valence-corrected chi connectivity index (χ0v) is 19.2. The highest BCUT2D eigenvalue weighted by Gasteiger charge is 2.14. The number of nitrogens with zero attached hydrogens (tertiary/aromatic N) is 2. The van der Waals surface area contributed by atoms with Gasteiger partial charge in [0.15, 0.2) is 0 Å². The Hall–Kier alpha value is -4.66. The minimum absolute atomic E-state index is 0.0660. The molecule has 4 aromatic rings. The van der Waals surface area contributed by atoms with Crippen LogP contribution >= 0.6 is 0 Å². The molecule has 0 unspecified atom stereocenters. The SMILES string of the molecule is COc1ccc(-c2noc(CCC(=O)Oc3ccc(NC(=O)c4ccccc4OC)cc3)n2)cc1. The molecule has 0 aliphatic rings. The van der Waals surface area contributed by atoms with Crippen molar-refractivity contribution in [1.82, 2.24) is 10.1 Å². The molecule has 0 bridgehead atoms. The largest absolute Gasteiger partial charge is 0.497 e. The highest BCUT2D eigenvalue weighted by molar-refractivity contribution is 6.06. The summed E-state index contributed by atoms with van der Waals surface area (Å²) in [5.41, 5.74) is 1.75. The molecule has 35 heavy (non-hydrogen) atoms. The van der Waals surface area contributed by atoms with E-state index in [-0.39, 0.29) is 18.7 Å². The van der Waals surface area contributed by atoms with E-state index in [4.69, 9.17) is 18.7 Å². The summed E-state index contributed by atoms with van der Waals surface area (Å²) in [6, 6.07) is 20.7. The minimum Gasteiger partial charge on any atom is -0.497 e. The van der Waals surface area contributed by atoms with Crippen LogP contribution in [0.1, 0.15) is 22.7 Å². The first kappa shape index (κ1) is 23.5. The predicted octanol–water partition coefficient (Wildman–Crippen LogP) is 4.54. The Morgan fingerprint density at radius 3 is 2.31 bits per heavy atom. The number of carbonyl (C=O) groups is 2. The van der Waals surface area contributed by atoms with Gasteiger partial charge >= 0.3 is 5.97 Å². The third-order valence-electron chi connectivity index (χ3n) is 5.05. The monoisotopic (exact) mass is 473 g/mol. The molecular weight excluding hydrogens is 450 g/mol. The van der Waals surface area contributed by atoms with E-state index in [0.29, 0.717) is 34.5 Å². The fraction of sp³-hybridized carbons (Fsp3) is 0.154. The normalized spacial score (nSPS) is 10.5. The highest BCUT2D eigenvalue weighted by Crippen LogP contribution is 2.22. The first-order chi connectivity index (χ1) is 17.1. The van der Waals surface area contributed by atoms with Crippen LogP contribution in [0.2, 0.25) is 0 Å². The second-order valence-electron chi connectivity index (χ2n) is 7.39. The van der Waals surface area contributed by atoms with Crippen LogP contribution < -0.4 is 19.5 Å². The molecule has 1 N–H and O–H groups in total. The number of hydrogen-bond acceptors (Lipinski definition) is 8. The molecule has 9 heteroatoms. The van der Waals surface area contributed by atoms with Crippen molar-refractivity contribution in [3.8, 4) is 28.6 Å². The van der Waals surface area contributed by atoms with Crippen LogP contribution in [0.15, 0.2) is 77.3 Å². The van der Waals surface area contributed by atoms with Crippen molar-refractivity contribution in [2.45, 2.75) is 12.8 Å². The van der Waals surface area contributed by atoms with Gasteiger partial charge < -0.3 is 24.1 Å². The van der Waals surface area contributed by atoms with E-state index in [2.05, 4.69) is 15.5 Å². The first-order valence-electron chi connectivity index (χ1n) is 10.8. The fourth-order valence-electron chi connectivity index (χ4n) is 3.24. The second kappa shape index (κ2) is 11.0. The van der Waals surface area contributed by atoms with Crippen LogP contribution in [0.3, 0.4) is 0 Å². The smallest absolute Gasteiger partial charge is 0.311 e. The number of aryl methyl sites for hydroxylation is 1. The van der Waals surface area contributed by atoms with Crippen molar-refractivity contribution >= 4 is 17.6 Å². The second-order valence-corrected chi connectivity index (χ2v) is 7.39. The Balaban J connectivity index is 1.28. The van der Waals surface area contributed by atoms with E-state index >= 15 is 0 Å². The summed E-state index contributed by atoms with van der Waals surface area (Å²) in [6.07, 6.45) is 0.311. The molecule has 178 valence electrons. The van der Waals surface area contributed by atoms with Gasteiger partial charge in [-0.15, -0.1) is 0 Å². The molecule has 0 fully saturated rings. The van der Waals surface area contributed by atoms with Crippen LogP contribution in [-0.2, 0) is 11.2 Å². The maximum absolute atomic E-state index is 12.5. The topological polar surface area (TPSA) is 113 Å².